The quantitative estimate of drug-likeness (QED) is 0.800. The first kappa shape index (κ1) is 12.0. The van der Waals surface area contributed by atoms with Gasteiger partial charge in [-0.1, -0.05) is 0 Å². The zero-order valence-corrected chi connectivity index (χ0v) is 11.3. The zero-order valence-electron chi connectivity index (χ0n) is 11.3. The molecule has 0 radical (unpaired) electrons. The van der Waals surface area contributed by atoms with E-state index in [1.54, 1.807) is 0 Å². The fourth-order valence-electron chi connectivity index (χ4n) is 2.85. The maximum absolute atomic E-state index is 11.4. The molecular formula is C13H17N5O. The largest absolute Gasteiger partial charge is 0.383 e. The van der Waals surface area contributed by atoms with Gasteiger partial charge in [-0.25, -0.2) is 9.97 Å². The molecule has 0 aromatic carbocycles. The molecule has 3 heterocycles. The minimum atomic E-state index is 0.0858. The number of carbonyl (C=O) groups is 1. The second-order valence-electron chi connectivity index (χ2n) is 5.10. The van der Waals surface area contributed by atoms with Gasteiger partial charge in [-0.3, -0.25) is 4.79 Å². The van der Waals surface area contributed by atoms with Crippen molar-refractivity contribution in [2.75, 3.05) is 12.3 Å². The number of amides is 1. The molecule has 0 bridgehead atoms. The van der Waals surface area contributed by atoms with Gasteiger partial charge in [0.2, 0.25) is 5.91 Å². The van der Waals surface area contributed by atoms with E-state index >= 15 is 0 Å². The lowest BCUT2D eigenvalue weighted by Crippen LogP contribution is -2.16. The molecule has 2 aromatic heterocycles. The Morgan fingerprint density at radius 1 is 1.32 bits per heavy atom. The first-order chi connectivity index (χ1) is 8.99. The number of nitrogens with one attached hydrogen (secondary N) is 1. The number of fused-ring (bicyclic) bond motifs is 1. The summed E-state index contributed by atoms with van der Waals surface area (Å²) in [6.07, 6.45) is 0.493. The van der Waals surface area contributed by atoms with E-state index in [-0.39, 0.29) is 11.9 Å². The van der Waals surface area contributed by atoms with Crippen molar-refractivity contribution in [1.29, 1.82) is 0 Å². The number of nitrogen functional groups attached to an aromatic ring is 1. The lowest BCUT2D eigenvalue weighted by atomic mass is 10.2. The molecule has 1 fully saturated rings. The number of nitrogens with two attached hydrogens (primary N) is 1. The van der Waals surface area contributed by atoms with Crippen molar-refractivity contribution >= 4 is 22.8 Å². The van der Waals surface area contributed by atoms with Gasteiger partial charge in [-0.2, -0.15) is 0 Å². The Morgan fingerprint density at radius 2 is 2.05 bits per heavy atom. The summed E-state index contributed by atoms with van der Waals surface area (Å²) in [7, 11) is 0. The van der Waals surface area contributed by atoms with Crippen LogP contribution in [-0.2, 0) is 4.79 Å². The molecule has 1 saturated heterocycles. The third-order valence-corrected chi connectivity index (χ3v) is 3.86. The Labute approximate surface area is 111 Å². The monoisotopic (exact) mass is 259 g/mol. The molecule has 6 nitrogen and oxygen atoms in total. The molecule has 19 heavy (non-hydrogen) atoms. The number of anilines is 1. The Balaban J connectivity index is 2.29. The number of aryl methyl sites for hydroxylation is 2. The fraction of sp³-hybridized carbons (Fsp3) is 0.462. The van der Waals surface area contributed by atoms with Gasteiger partial charge < -0.3 is 15.6 Å². The van der Waals surface area contributed by atoms with Crippen molar-refractivity contribution in [3.05, 3.63) is 17.1 Å². The molecule has 3 N–H and O–H groups in total. The third kappa shape index (κ3) is 1.67. The predicted molar refractivity (Wildman–Crippen MR) is 72.8 cm³/mol. The van der Waals surface area contributed by atoms with Crippen LogP contribution in [0.5, 0.6) is 0 Å². The predicted octanol–water partition coefficient (Wildman–Crippen LogP) is 1.000. The average molecular weight is 259 g/mol. The van der Waals surface area contributed by atoms with Crippen LogP contribution in [-0.4, -0.2) is 27.0 Å². The molecule has 3 rings (SSSR count). The van der Waals surface area contributed by atoms with Crippen molar-refractivity contribution < 1.29 is 4.79 Å². The summed E-state index contributed by atoms with van der Waals surface area (Å²) in [5, 5.41) is 3.77. The van der Waals surface area contributed by atoms with Crippen LogP contribution in [0, 0.1) is 20.8 Å². The smallest absolute Gasteiger partial charge is 0.222 e. The number of aromatic nitrogens is 3. The molecule has 0 spiro atoms. The number of hydrogen-bond donors (Lipinski definition) is 2. The van der Waals surface area contributed by atoms with Gasteiger partial charge in [0.1, 0.15) is 17.3 Å². The summed E-state index contributed by atoms with van der Waals surface area (Å²) in [5.41, 5.74) is 9.04. The van der Waals surface area contributed by atoms with Crippen LogP contribution in [0.1, 0.15) is 29.5 Å². The van der Waals surface area contributed by atoms with E-state index < -0.39 is 0 Å². The van der Waals surface area contributed by atoms with Crippen molar-refractivity contribution in [2.45, 2.75) is 33.2 Å². The number of hydrogen-bond acceptors (Lipinski definition) is 4. The van der Waals surface area contributed by atoms with Gasteiger partial charge in [0.05, 0.1) is 11.4 Å². The summed E-state index contributed by atoms with van der Waals surface area (Å²) in [4.78, 5) is 20.2. The highest BCUT2D eigenvalue weighted by Gasteiger charge is 2.27. The molecule has 1 unspecified atom stereocenters. The highest BCUT2D eigenvalue weighted by Crippen LogP contribution is 2.32. The lowest BCUT2D eigenvalue weighted by Gasteiger charge is -2.14. The maximum atomic E-state index is 11.4. The summed E-state index contributed by atoms with van der Waals surface area (Å²) in [6.45, 7) is 6.53. The Hall–Kier alpha value is -2.11. The first-order valence-electron chi connectivity index (χ1n) is 6.37. The average Bonchev–Trinajstić information content (AvgIpc) is 2.83. The summed E-state index contributed by atoms with van der Waals surface area (Å²) in [5.74, 6) is 1.25. The van der Waals surface area contributed by atoms with E-state index in [0.29, 0.717) is 24.6 Å². The van der Waals surface area contributed by atoms with Crippen LogP contribution in [0.25, 0.3) is 11.0 Å². The van der Waals surface area contributed by atoms with Gasteiger partial charge in [0.25, 0.3) is 0 Å². The van der Waals surface area contributed by atoms with E-state index in [1.807, 2.05) is 20.8 Å². The third-order valence-electron chi connectivity index (χ3n) is 3.86. The molecular weight excluding hydrogens is 242 g/mol. The zero-order chi connectivity index (χ0) is 13.7. The minimum absolute atomic E-state index is 0.0858. The van der Waals surface area contributed by atoms with Gasteiger partial charge in [0, 0.05) is 18.7 Å². The Morgan fingerprint density at radius 3 is 2.68 bits per heavy atom. The van der Waals surface area contributed by atoms with E-state index in [9.17, 15) is 4.79 Å². The normalized spacial score (nSPS) is 19.1. The molecule has 2 aromatic rings. The second kappa shape index (κ2) is 3.94. The van der Waals surface area contributed by atoms with E-state index in [1.165, 1.54) is 0 Å². The van der Waals surface area contributed by atoms with Crippen molar-refractivity contribution in [1.82, 2.24) is 19.9 Å². The molecule has 1 aliphatic rings. The SMILES string of the molecule is Cc1nc(N)c2c(C)c(C)n(C3CNC(=O)C3)c2n1. The fourth-order valence-corrected chi connectivity index (χ4v) is 2.85. The van der Waals surface area contributed by atoms with Crippen molar-refractivity contribution in [2.24, 2.45) is 0 Å². The number of carbonyl (C=O) groups excluding carboxylic acids is 1. The standard InChI is InChI=1S/C13H17N5O/c1-6-7(2)18(9-4-10(19)15-5-9)13-11(6)12(14)16-8(3)17-13/h9H,4-5H2,1-3H3,(H,15,19)(H2,14,16,17). The van der Waals surface area contributed by atoms with E-state index in [4.69, 9.17) is 5.73 Å². The van der Waals surface area contributed by atoms with Crippen LogP contribution in [0.4, 0.5) is 5.82 Å². The molecule has 0 saturated carbocycles. The highest BCUT2D eigenvalue weighted by molar-refractivity contribution is 5.91. The van der Waals surface area contributed by atoms with Gasteiger partial charge in [0.15, 0.2) is 0 Å². The lowest BCUT2D eigenvalue weighted by molar-refractivity contribution is -0.119. The minimum Gasteiger partial charge on any atom is -0.383 e. The topological polar surface area (TPSA) is 85.8 Å². The molecule has 1 amide bonds. The molecule has 1 aliphatic heterocycles. The second-order valence-corrected chi connectivity index (χ2v) is 5.10. The van der Waals surface area contributed by atoms with E-state index in [2.05, 4.69) is 19.9 Å². The molecule has 1 atom stereocenters. The molecule has 0 aliphatic carbocycles. The molecule has 6 heteroatoms. The summed E-state index contributed by atoms with van der Waals surface area (Å²) >= 11 is 0. The van der Waals surface area contributed by atoms with Crippen LogP contribution in [0.3, 0.4) is 0 Å². The molecule has 100 valence electrons. The van der Waals surface area contributed by atoms with Crippen LogP contribution in [0.15, 0.2) is 0 Å². The number of rotatable bonds is 1. The highest BCUT2D eigenvalue weighted by atomic mass is 16.1. The van der Waals surface area contributed by atoms with Crippen LogP contribution < -0.4 is 11.1 Å². The van der Waals surface area contributed by atoms with Gasteiger partial charge in [-0.15, -0.1) is 0 Å². The van der Waals surface area contributed by atoms with Crippen molar-refractivity contribution in [3.8, 4) is 0 Å². The maximum Gasteiger partial charge on any atom is 0.222 e. The summed E-state index contributed by atoms with van der Waals surface area (Å²) in [6, 6.07) is 0.109. The van der Waals surface area contributed by atoms with Gasteiger partial charge in [-0.05, 0) is 26.3 Å². The van der Waals surface area contributed by atoms with Crippen molar-refractivity contribution in [3.63, 3.8) is 0 Å². The van der Waals surface area contributed by atoms with Gasteiger partial charge >= 0.3 is 0 Å². The number of nitrogens with zero attached hydrogens (tertiary/aromatic N) is 3. The van der Waals surface area contributed by atoms with E-state index in [0.717, 1.165) is 22.3 Å². The Bertz CT molecular complexity index is 688. The Kier molecular flexibility index (Phi) is 2.48. The van der Waals surface area contributed by atoms with Crippen LogP contribution >= 0.6 is 0 Å². The summed E-state index contributed by atoms with van der Waals surface area (Å²) < 4.78 is 2.12. The van der Waals surface area contributed by atoms with Crippen LogP contribution in [0.2, 0.25) is 0 Å². The first-order valence-corrected chi connectivity index (χ1v) is 6.37.